The lowest BCUT2D eigenvalue weighted by molar-refractivity contribution is 0.232. The normalized spacial score (nSPS) is 19.1. The largest absolute Gasteiger partial charge is 0.361 e. The molecular formula is C18H26N6O2. The van der Waals surface area contributed by atoms with Crippen molar-refractivity contribution in [1.29, 1.82) is 0 Å². The highest BCUT2D eigenvalue weighted by molar-refractivity contribution is 5.74. The van der Waals surface area contributed by atoms with E-state index >= 15 is 0 Å². The van der Waals surface area contributed by atoms with Crippen molar-refractivity contribution in [3.8, 4) is 0 Å². The first kappa shape index (κ1) is 17.1. The van der Waals surface area contributed by atoms with Crippen molar-refractivity contribution in [2.45, 2.75) is 77.4 Å². The Morgan fingerprint density at radius 2 is 2.15 bits per heavy atom. The van der Waals surface area contributed by atoms with E-state index in [1.807, 2.05) is 4.68 Å². The smallest absolute Gasteiger partial charge is 0.315 e. The summed E-state index contributed by atoms with van der Waals surface area (Å²) in [5, 5.41) is 14.6. The highest BCUT2D eigenvalue weighted by Gasteiger charge is 2.26. The van der Waals surface area contributed by atoms with Gasteiger partial charge < -0.3 is 15.2 Å². The van der Waals surface area contributed by atoms with Crippen LogP contribution < -0.4 is 10.6 Å². The number of aromatic nitrogens is 4. The molecule has 140 valence electrons. The minimum Gasteiger partial charge on any atom is -0.361 e. The van der Waals surface area contributed by atoms with E-state index < -0.39 is 0 Å². The summed E-state index contributed by atoms with van der Waals surface area (Å²) in [6, 6.07) is -0.305. The zero-order valence-corrected chi connectivity index (χ0v) is 15.4. The van der Waals surface area contributed by atoms with Gasteiger partial charge in [0, 0.05) is 24.4 Å². The molecule has 0 saturated carbocycles. The minimum absolute atomic E-state index is 0.102. The summed E-state index contributed by atoms with van der Waals surface area (Å²) in [6.45, 7) is 5.41. The molecule has 0 fully saturated rings. The van der Waals surface area contributed by atoms with Crippen LogP contribution in [-0.2, 0) is 25.9 Å². The quantitative estimate of drug-likeness (QED) is 0.875. The molecule has 4 rings (SSSR count). The van der Waals surface area contributed by atoms with Crippen LogP contribution in [0.4, 0.5) is 4.79 Å². The predicted octanol–water partition coefficient (Wildman–Crippen LogP) is 2.60. The molecule has 2 aromatic rings. The van der Waals surface area contributed by atoms with Crippen molar-refractivity contribution in [2.75, 3.05) is 0 Å². The van der Waals surface area contributed by atoms with Gasteiger partial charge in [-0.05, 0) is 32.1 Å². The first-order valence-electron chi connectivity index (χ1n) is 9.57. The molecule has 2 aromatic heterocycles. The maximum absolute atomic E-state index is 12.4. The van der Waals surface area contributed by atoms with Crippen molar-refractivity contribution < 1.29 is 9.32 Å². The molecule has 0 radical (unpaired) electrons. The summed E-state index contributed by atoms with van der Waals surface area (Å²) < 4.78 is 7.33. The van der Waals surface area contributed by atoms with Crippen LogP contribution >= 0.6 is 0 Å². The number of rotatable bonds is 4. The van der Waals surface area contributed by atoms with E-state index in [2.05, 4.69) is 39.7 Å². The van der Waals surface area contributed by atoms with Gasteiger partial charge in [-0.1, -0.05) is 19.0 Å². The van der Waals surface area contributed by atoms with Gasteiger partial charge in [0.25, 0.3) is 0 Å². The van der Waals surface area contributed by atoms with Crippen LogP contribution in [0.15, 0.2) is 4.52 Å². The predicted molar refractivity (Wildman–Crippen MR) is 94.6 cm³/mol. The number of carbonyl (C=O) groups excluding carboxylic acids is 1. The molecule has 0 saturated heterocycles. The summed E-state index contributed by atoms with van der Waals surface area (Å²) in [5.74, 6) is 2.95. The standard InChI is InChI=1S/C18H26N6O2/c1-11(2)16-21-17-13(7-5-9-24(17)22-16)20-18(25)19-10-14-12-6-3-4-8-15(12)26-23-14/h11,13H,3-10H2,1-2H3,(H2,19,20,25). The number of fused-ring (bicyclic) bond motifs is 2. The first-order chi connectivity index (χ1) is 12.6. The van der Waals surface area contributed by atoms with Crippen molar-refractivity contribution in [3.05, 3.63) is 28.7 Å². The molecule has 0 bridgehead atoms. The van der Waals surface area contributed by atoms with Gasteiger partial charge in [0.1, 0.15) is 17.3 Å². The van der Waals surface area contributed by atoms with Crippen LogP contribution in [0.5, 0.6) is 0 Å². The number of urea groups is 1. The van der Waals surface area contributed by atoms with E-state index in [1.165, 1.54) is 5.56 Å². The molecular weight excluding hydrogens is 332 g/mol. The van der Waals surface area contributed by atoms with E-state index in [4.69, 9.17) is 4.52 Å². The van der Waals surface area contributed by atoms with Crippen LogP contribution in [0.3, 0.4) is 0 Å². The lowest BCUT2D eigenvalue weighted by atomic mass is 9.96. The molecule has 8 heteroatoms. The van der Waals surface area contributed by atoms with Gasteiger partial charge >= 0.3 is 6.03 Å². The van der Waals surface area contributed by atoms with Crippen LogP contribution in [0.25, 0.3) is 0 Å². The Morgan fingerprint density at radius 1 is 1.31 bits per heavy atom. The maximum atomic E-state index is 12.4. The lowest BCUT2D eigenvalue weighted by Crippen LogP contribution is -2.40. The van der Waals surface area contributed by atoms with E-state index in [9.17, 15) is 4.79 Å². The molecule has 0 spiro atoms. The highest BCUT2D eigenvalue weighted by atomic mass is 16.5. The van der Waals surface area contributed by atoms with E-state index in [0.717, 1.165) is 68.2 Å². The fourth-order valence-electron chi connectivity index (χ4n) is 3.71. The molecule has 26 heavy (non-hydrogen) atoms. The lowest BCUT2D eigenvalue weighted by Gasteiger charge is -2.23. The molecule has 0 aromatic carbocycles. The molecule has 1 aliphatic heterocycles. The molecule has 1 unspecified atom stereocenters. The van der Waals surface area contributed by atoms with Gasteiger partial charge in [-0.3, -0.25) is 0 Å². The molecule has 8 nitrogen and oxygen atoms in total. The summed E-state index contributed by atoms with van der Waals surface area (Å²) >= 11 is 0. The van der Waals surface area contributed by atoms with Crippen molar-refractivity contribution >= 4 is 6.03 Å². The summed E-state index contributed by atoms with van der Waals surface area (Å²) in [5.41, 5.74) is 2.03. The summed E-state index contributed by atoms with van der Waals surface area (Å²) in [6.07, 6.45) is 6.10. The first-order valence-corrected chi connectivity index (χ1v) is 9.57. The fourth-order valence-corrected chi connectivity index (χ4v) is 3.71. The monoisotopic (exact) mass is 358 g/mol. The number of amides is 2. The molecule has 1 aliphatic carbocycles. The average Bonchev–Trinajstić information content (AvgIpc) is 3.25. The van der Waals surface area contributed by atoms with Gasteiger partial charge in [0.05, 0.1) is 12.6 Å². The van der Waals surface area contributed by atoms with Crippen LogP contribution in [0, 0.1) is 0 Å². The van der Waals surface area contributed by atoms with E-state index in [-0.39, 0.29) is 18.0 Å². The second-order valence-corrected chi connectivity index (χ2v) is 7.47. The van der Waals surface area contributed by atoms with Crippen LogP contribution in [0.1, 0.15) is 80.2 Å². The number of carbonyl (C=O) groups is 1. The zero-order valence-electron chi connectivity index (χ0n) is 15.4. The number of hydrogen-bond acceptors (Lipinski definition) is 5. The van der Waals surface area contributed by atoms with E-state index in [0.29, 0.717) is 6.54 Å². The Kier molecular flexibility index (Phi) is 4.65. The van der Waals surface area contributed by atoms with Gasteiger partial charge in [-0.15, -0.1) is 0 Å². The maximum Gasteiger partial charge on any atom is 0.315 e. The van der Waals surface area contributed by atoms with Gasteiger partial charge in [-0.25, -0.2) is 14.5 Å². The molecule has 2 aliphatic rings. The third kappa shape index (κ3) is 3.32. The third-order valence-electron chi connectivity index (χ3n) is 5.16. The molecule has 1 atom stereocenters. The third-order valence-corrected chi connectivity index (χ3v) is 5.16. The van der Waals surface area contributed by atoms with Crippen molar-refractivity contribution in [3.63, 3.8) is 0 Å². The van der Waals surface area contributed by atoms with Crippen molar-refractivity contribution in [1.82, 2.24) is 30.6 Å². The van der Waals surface area contributed by atoms with Gasteiger partial charge in [0.2, 0.25) is 0 Å². The Bertz CT molecular complexity index is 794. The Labute approximate surface area is 152 Å². The Balaban J connectivity index is 1.38. The Morgan fingerprint density at radius 3 is 3.00 bits per heavy atom. The van der Waals surface area contributed by atoms with Crippen LogP contribution in [0.2, 0.25) is 0 Å². The second-order valence-electron chi connectivity index (χ2n) is 7.47. The number of nitrogens with zero attached hydrogens (tertiary/aromatic N) is 4. The summed E-state index contributed by atoms with van der Waals surface area (Å²) in [7, 11) is 0. The molecule has 3 heterocycles. The molecule has 2 amide bonds. The zero-order chi connectivity index (χ0) is 18.1. The van der Waals surface area contributed by atoms with E-state index in [1.54, 1.807) is 0 Å². The highest BCUT2D eigenvalue weighted by Crippen LogP contribution is 2.25. The number of aryl methyl sites for hydroxylation is 2. The fraction of sp³-hybridized carbons (Fsp3) is 0.667. The SMILES string of the molecule is CC(C)c1nc2n(n1)CCCC2NC(=O)NCc1noc2c1CCCC2. The van der Waals surface area contributed by atoms with Crippen molar-refractivity contribution in [2.24, 2.45) is 0 Å². The average molecular weight is 358 g/mol. The minimum atomic E-state index is -0.204. The number of hydrogen-bond donors (Lipinski definition) is 2. The second kappa shape index (κ2) is 7.09. The van der Waals surface area contributed by atoms with Crippen LogP contribution in [-0.4, -0.2) is 26.0 Å². The Hall–Kier alpha value is -2.38. The topological polar surface area (TPSA) is 97.9 Å². The molecule has 2 N–H and O–H groups in total. The number of nitrogens with one attached hydrogen (secondary N) is 2. The van der Waals surface area contributed by atoms with Gasteiger partial charge in [-0.2, -0.15) is 5.10 Å². The van der Waals surface area contributed by atoms with Gasteiger partial charge in [0.15, 0.2) is 5.82 Å². The summed E-state index contributed by atoms with van der Waals surface area (Å²) in [4.78, 5) is 17.0.